The summed E-state index contributed by atoms with van der Waals surface area (Å²) in [5.74, 6) is 0.914. The minimum atomic E-state index is -0.346. The summed E-state index contributed by atoms with van der Waals surface area (Å²) in [7, 11) is 0. The maximum absolute atomic E-state index is 11.0. The van der Waals surface area contributed by atoms with Crippen molar-refractivity contribution in [2.24, 2.45) is 5.10 Å². The summed E-state index contributed by atoms with van der Waals surface area (Å²) in [6, 6.07) is 7.52. The van der Waals surface area contributed by atoms with Crippen molar-refractivity contribution in [3.8, 4) is 5.75 Å². The lowest BCUT2D eigenvalue weighted by molar-refractivity contribution is 0.242. The maximum Gasteiger partial charge on any atom is 0.271 e. The van der Waals surface area contributed by atoms with Gasteiger partial charge in [0.15, 0.2) is 0 Å². The van der Waals surface area contributed by atoms with Crippen molar-refractivity contribution < 1.29 is 4.74 Å². The molecule has 0 amide bonds. The smallest absolute Gasteiger partial charge is 0.271 e. The number of nitrogens with one attached hydrogen (secondary N) is 2. The molecule has 0 bridgehead atoms. The van der Waals surface area contributed by atoms with Crippen molar-refractivity contribution in [1.82, 2.24) is 15.2 Å². The zero-order valence-electron chi connectivity index (χ0n) is 11.2. The second kappa shape index (κ2) is 6.46. The van der Waals surface area contributed by atoms with Crippen LogP contribution in [0, 0.1) is 0 Å². The second-order valence-corrected chi connectivity index (χ2v) is 4.26. The number of rotatable bonds is 5. The fourth-order valence-electron chi connectivity index (χ4n) is 1.47. The summed E-state index contributed by atoms with van der Waals surface area (Å²) >= 11 is 0. The van der Waals surface area contributed by atoms with Crippen LogP contribution in [0.15, 0.2) is 40.4 Å². The lowest BCUT2D eigenvalue weighted by atomic mass is 10.2. The highest BCUT2D eigenvalue weighted by Crippen LogP contribution is 2.17. The summed E-state index contributed by atoms with van der Waals surface area (Å²) in [6.45, 7) is 3.91. The van der Waals surface area contributed by atoms with Crippen molar-refractivity contribution in [1.29, 1.82) is 0 Å². The number of hydrazone groups is 1. The quantitative estimate of drug-likeness (QED) is 0.634. The van der Waals surface area contributed by atoms with E-state index in [4.69, 9.17) is 4.74 Å². The molecular formula is C13H15N5O2. The Morgan fingerprint density at radius 3 is 2.95 bits per heavy atom. The highest BCUT2D eigenvalue weighted by molar-refractivity contribution is 5.83. The van der Waals surface area contributed by atoms with Crippen LogP contribution in [0.5, 0.6) is 5.75 Å². The van der Waals surface area contributed by atoms with E-state index in [0.29, 0.717) is 0 Å². The average molecular weight is 273 g/mol. The molecule has 1 heterocycles. The van der Waals surface area contributed by atoms with Crippen LogP contribution in [-0.4, -0.2) is 27.5 Å². The van der Waals surface area contributed by atoms with Gasteiger partial charge in [0.1, 0.15) is 11.9 Å². The summed E-state index contributed by atoms with van der Waals surface area (Å²) in [5, 5.41) is 11.2. The standard InChI is InChI=1S/C13H15N5O2/c1-9(2)20-11-6-4-3-5-10(11)7-14-17-13-16-12(19)8-15-18-13/h3-9H,1-2H3,(H2,16,17,18,19)/b14-7+. The van der Waals surface area contributed by atoms with Gasteiger partial charge in [0, 0.05) is 5.56 Å². The van der Waals surface area contributed by atoms with Crippen molar-refractivity contribution in [3.05, 3.63) is 46.4 Å². The normalized spacial score (nSPS) is 10.9. The van der Waals surface area contributed by atoms with Crippen LogP contribution < -0.4 is 15.7 Å². The van der Waals surface area contributed by atoms with Crippen molar-refractivity contribution in [2.75, 3.05) is 5.43 Å². The monoisotopic (exact) mass is 273 g/mol. The first-order chi connectivity index (χ1) is 9.65. The Kier molecular flexibility index (Phi) is 4.43. The number of aromatic amines is 1. The predicted molar refractivity (Wildman–Crippen MR) is 76.1 cm³/mol. The molecule has 0 spiro atoms. The number of aromatic nitrogens is 3. The lowest BCUT2D eigenvalue weighted by Crippen LogP contribution is -2.10. The molecule has 0 aliphatic carbocycles. The Labute approximate surface area is 115 Å². The van der Waals surface area contributed by atoms with Crippen molar-refractivity contribution >= 4 is 12.2 Å². The third-order valence-electron chi connectivity index (χ3n) is 2.23. The minimum absolute atomic E-state index is 0.0776. The van der Waals surface area contributed by atoms with Crippen molar-refractivity contribution in [2.45, 2.75) is 20.0 Å². The van der Waals surface area contributed by atoms with Crippen LogP contribution in [0.2, 0.25) is 0 Å². The first kappa shape index (κ1) is 13.7. The molecule has 0 aliphatic heterocycles. The number of nitrogens with zero attached hydrogens (tertiary/aromatic N) is 3. The summed E-state index contributed by atoms with van der Waals surface area (Å²) in [4.78, 5) is 13.5. The van der Waals surface area contributed by atoms with E-state index in [2.05, 4.69) is 25.7 Å². The van der Waals surface area contributed by atoms with E-state index < -0.39 is 0 Å². The molecular weight excluding hydrogens is 258 g/mol. The first-order valence-corrected chi connectivity index (χ1v) is 6.12. The van der Waals surface area contributed by atoms with Gasteiger partial charge in [-0.15, -0.1) is 10.2 Å². The van der Waals surface area contributed by atoms with Gasteiger partial charge in [0.2, 0.25) is 5.95 Å². The number of benzene rings is 1. The second-order valence-electron chi connectivity index (χ2n) is 4.26. The molecule has 0 radical (unpaired) electrons. The molecule has 0 fully saturated rings. The molecule has 0 saturated carbocycles. The molecule has 0 aliphatic rings. The molecule has 1 aromatic carbocycles. The number of hydrogen-bond donors (Lipinski definition) is 2. The Hall–Kier alpha value is -2.70. The molecule has 7 nitrogen and oxygen atoms in total. The van der Waals surface area contributed by atoms with Gasteiger partial charge in [-0.05, 0) is 26.0 Å². The molecule has 104 valence electrons. The fraction of sp³-hybridized carbons (Fsp3) is 0.231. The largest absolute Gasteiger partial charge is 0.490 e. The van der Waals surface area contributed by atoms with Crippen LogP contribution in [0.3, 0.4) is 0 Å². The van der Waals surface area contributed by atoms with E-state index in [-0.39, 0.29) is 17.6 Å². The maximum atomic E-state index is 11.0. The van der Waals surface area contributed by atoms with Crippen LogP contribution in [0.1, 0.15) is 19.4 Å². The van der Waals surface area contributed by atoms with Crippen LogP contribution in [-0.2, 0) is 0 Å². The predicted octanol–water partition coefficient (Wildman–Crippen LogP) is 1.40. The Morgan fingerprint density at radius 1 is 1.40 bits per heavy atom. The Balaban J connectivity index is 2.09. The molecule has 2 aromatic rings. The summed E-state index contributed by atoms with van der Waals surface area (Å²) in [6.07, 6.45) is 2.75. The number of para-hydroxylation sites is 1. The Bertz CT molecular complexity index is 651. The van der Waals surface area contributed by atoms with Crippen LogP contribution in [0.4, 0.5) is 5.95 Å². The van der Waals surface area contributed by atoms with Crippen LogP contribution in [0.25, 0.3) is 0 Å². The van der Waals surface area contributed by atoms with Crippen molar-refractivity contribution in [3.63, 3.8) is 0 Å². The Morgan fingerprint density at radius 2 is 2.20 bits per heavy atom. The number of H-pyrrole nitrogens is 1. The first-order valence-electron chi connectivity index (χ1n) is 6.12. The average Bonchev–Trinajstić information content (AvgIpc) is 2.40. The highest BCUT2D eigenvalue weighted by atomic mass is 16.5. The van der Waals surface area contributed by atoms with Crippen LogP contribution >= 0.6 is 0 Å². The van der Waals surface area contributed by atoms with Gasteiger partial charge in [0.25, 0.3) is 5.56 Å². The fourth-order valence-corrected chi connectivity index (χ4v) is 1.47. The zero-order chi connectivity index (χ0) is 14.4. The highest BCUT2D eigenvalue weighted by Gasteiger charge is 2.02. The van der Waals surface area contributed by atoms with Gasteiger partial charge < -0.3 is 4.74 Å². The van der Waals surface area contributed by atoms with Gasteiger partial charge in [-0.25, -0.2) is 5.43 Å². The van der Waals surface area contributed by atoms with Gasteiger partial charge in [-0.3, -0.25) is 9.78 Å². The molecule has 7 heteroatoms. The van der Waals surface area contributed by atoms with Gasteiger partial charge in [-0.1, -0.05) is 12.1 Å². The summed E-state index contributed by atoms with van der Waals surface area (Å²) in [5.41, 5.74) is 3.07. The third kappa shape index (κ3) is 3.91. The number of anilines is 1. The SMILES string of the molecule is CC(C)Oc1ccccc1/C=N/Nc1nncc(=O)[nH]1. The molecule has 1 aromatic heterocycles. The van der Waals surface area contributed by atoms with E-state index in [0.717, 1.165) is 17.5 Å². The topological polar surface area (TPSA) is 92.3 Å². The molecule has 2 N–H and O–H groups in total. The molecule has 2 rings (SSSR count). The van der Waals surface area contributed by atoms with E-state index in [9.17, 15) is 4.79 Å². The molecule has 20 heavy (non-hydrogen) atoms. The minimum Gasteiger partial charge on any atom is -0.490 e. The van der Waals surface area contributed by atoms with E-state index >= 15 is 0 Å². The number of hydrogen-bond acceptors (Lipinski definition) is 6. The van der Waals surface area contributed by atoms with E-state index in [1.807, 2.05) is 38.1 Å². The third-order valence-corrected chi connectivity index (χ3v) is 2.23. The molecule has 0 unspecified atom stereocenters. The van der Waals surface area contributed by atoms with E-state index in [1.54, 1.807) is 6.21 Å². The summed E-state index contributed by atoms with van der Waals surface area (Å²) < 4.78 is 5.66. The van der Waals surface area contributed by atoms with E-state index in [1.165, 1.54) is 0 Å². The lowest BCUT2D eigenvalue weighted by Gasteiger charge is -2.11. The zero-order valence-corrected chi connectivity index (χ0v) is 11.2. The molecule has 0 saturated heterocycles. The van der Waals surface area contributed by atoms with Gasteiger partial charge in [-0.2, -0.15) is 5.10 Å². The van der Waals surface area contributed by atoms with Gasteiger partial charge in [0.05, 0.1) is 12.3 Å². The van der Waals surface area contributed by atoms with Gasteiger partial charge >= 0.3 is 0 Å². The molecule has 0 atom stereocenters. The number of ether oxygens (including phenoxy) is 1.